The number of hydrogen-bond donors (Lipinski definition) is 3. The quantitative estimate of drug-likeness (QED) is 0.430. The predicted molar refractivity (Wildman–Crippen MR) is 84.0 cm³/mol. The van der Waals surface area contributed by atoms with E-state index in [4.69, 9.17) is 4.74 Å². The Morgan fingerprint density at radius 3 is 2.35 bits per heavy atom. The molecule has 20 heavy (non-hydrogen) atoms. The first-order valence-electron chi connectivity index (χ1n) is 8.19. The third kappa shape index (κ3) is 10.6. The van der Waals surface area contributed by atoms with Crippen LogP contribution in [0.15, 0.2) is 0 Å². The number of aliphatic hydroxyl groups excluding tert-OH is 2. The minimum absolute atomic E-state index is 0.0782. The maximum absolute atomic E-state index is 9.81. The molecule has 0 rings (SSSR count). The summed E-state index contributed by atoms with van der Waals surface area (Å²) >= 11 is 0. The Labute approximate surface area is 124 Å². The molecule has 0 aromatic heterocycles. The molecule has 0 spiro atoms. The lowest BCUT2D eigenvalue weighted by atomic mass is 10.0. The molecule has 0 heterocycles. The Morgan fingerprint density at radius 2 is 1.75 bits per heavy atom. The summed E-state index contributed by atoms with van der Waals surface area (Å²) in [6.45, 7) is 7.83. The largest absolute Gasteiger partial charge is 0.394 e. The van der Waals surface area contributed by atoms with Gasteiger partial charge < -0.3 is 20.3 Å². The van der Waals surface area contributed by atoms with Crippen LogP contribution in [0.25, 0.3) is 0 Å². The summed E-state index contributed by atoms with van der Waals surface area (Å²) in [7, 11) is 0. The second kappa shape index (κ2) is 12.6. The lowest BCUT2D eigenvalue weighted by Crippen LogP contribution is -2.48. The fourth-order valence-corrected chi connectivity index (χ4v) is 1.92. The van der Waals surface area contributed by atoms with Gasteiger partial charge in [-0.25, -0.2) is 0 Å². The molecule has 122 valence electrons. The molecule has 4 heteroatoms. The highest BCUT2D eigenvalue weighted by atomic mass is 16.5. The maximum atomic E-state index is 9.81. The highest BCUT2D eigenvalue weighted by Gasteiger charge is 2.20. The van der Waals surface area contributed by atoms with Gasteiger partial charge in [-0.3, -0.25) is 0 Å². The molecule has 0 saturated carbocycles. The Morgan fingerprint density at radius 1 is 1.10 bits per heavy atom. The van der Waals surface area contributed by atoms with Gasteiger partial charge in [-0.05, 0) is 19.8 Å². The monoisotopic (exact) mass is 289 g/mol. The van der Waals surface area contributed by atoms with Crippen molar-refractivity contribution in [2.75, 3.05) is 26.4 Å². The summed E-state index contributed by atoms with van der Waals surface area (Å²) in [4.78, 5) is 0. The molecule has 4 nitrogen and oxygen atoms in total. The fourth-order valence-electron chi connectivity index (χ4n) is 1.92. The van der Waals surface area contributed by atoms with E-state index in [0.29, 0.717) is 13.2 Å². The third-order valence-electron chi connectivity index (χ3n) is 3.85. The summed E-state index contributed by atoms with van der Waals surface area (Å²) in [5.41, 5.74) is -0.305. The molecule has 0 aromatic carbocycles. The van der Waals surface area contributed by atoms with Crippen molar-refractivity contribution >= 4 is 0 Å². The Kier molecular flexibility index (Phi) is 12.5. The highest BCUT2D eigenvalue weighted by molar-refractivity contribution is 4.81. The summed E-state index contributed by atoms with van der Waals surface area (Å²) in [6.07, 6.45) is 7.82. The number of unbranched alkanes of at least 4 members (excludes halogenated alkanes) is 5. The maximum Gasteiger partial charge on any atom is 0.0897 e. The Bertz CT molecular complexity index is 208. The van der Waals surface area contributed by atoms with Crippen molar-refractivity contribution < 1.29 is 14.9 Å². The summed E-state index contributed by atoms with van der Waals surface area (Å²) < 4.78 is 5.48. The van der Waals surface area contributed by atoms with Crippen molar-refractivity contribution in [1.82, 2.24) is 5.32 Å². The number of nitrogens with one attached hydrogen (secondary N) is 1. The average molecular weight is 289 g/mol. The number of ether oxygens (including phenoxy) is 1. The Hall–Kier alpha value is -0.160. The van der Waals surface area contributed by atoms with Crippen molar-refractivity contribution in [2.24, 2.45) is 0 Å². The molecule has 0 fully saturated rings. The topological polar surface area (TPSA) is 61.7 Å². The van der Waals surface area contributed by atoms with Crippen LogP contribution >= 0.6 is 0 Å². The van der Waals surface area contributed by atoms with Crippen LogP contribution in [0.2, 0.25) is 0 Å². The molecule has 0 radical (unpaired) electrons. The van der Waals surface area contributed by atoms with Gasteiger partial charge in [0.1, 0.15) is 0 Å². The number of β-amino-alcohol motifs (C(OH)–C–C–N with tert-alkyl or cyclic N) is 1. The van der Waals surface area contributed by atoms with E-state index in [9.17, 15) is 10.2 Å². The van der Waals surface area contributed by atoms with E-state index in [1.54, 1.807) is 0 Å². The van der Waals surface area contributed by atoms with Crippen LogP contribution in [0.1, 0.15) is 65.7 Å². The van der Waals surface area contributed by atoms with Gasteiger partial charge in [0.2, 0.25) is 0 Å². The standard InChI is InChI=1S/C16H35NO3/c1-4-6-7-8-9-10-11-20-13-15(19)12-17-16(3,5-2)14-18/h15,17-19H,4-14H2,1-3H3. The van der Waals surface area contributed by atoms with E-state index in [2.05, 4.69) is 12.2 Å². The average Bonchev–Trinajstić information content (AvgIpc) is 2.47. The van der Waals surface area contributed by atoms with Gasteiger partial charge in [-0.15, -0.1) is 0 Å². The summed E-state index contributed by atoms with van der Waals surface area (Å²) in [6, 6.07) is 0. The summed E-state index contributed by atoms with van der Waals surface area (Å²) in [5.74, 6) is 0. The summed E-state index contributed by atoms with van der Waals surface area (Å²) in [5, 5.41) is 22.3. The molecular formula is C16H35NO3. The van der Waals surface area contributed by atoms with E-state index in [0.717, 1.165) is 19.4 Å². The van der Waals surface area contributed by atoms with Crippen LogP contribution in [0.4, 0.5) is 0 Å². The molecule has 0 bridgehead atoms. The molecule has 0 aliphatic heterocycles. The van der Waals surface area contributed by atoms with Crippen molar-refractivity contribution in [3.8, 4) is 0 Å². The van der Waals surface area contributed by atoms with Crippen LogP contribution in [0.5, 0.6) is 0 Å². The van der Waals surface area contributed by atoms with Gasteiger partial charge in [0, 0.05) is 18.7 Å². The van der Waals surface area contributed by atoms with E-state index in [1.165, 1.54) is 32.1 Å². The minimum atomic E-state index is -0.507. The Balaban J connectivity index is 3.43. The second-order valence-electron chi connectivity index (χ2n) is 5.95. The zero-order valence-corrected chi connectivity index (χ0v) is 13.7. The first-order valence-corrected chi connectivity index (χ1v) is 8.19. The predicted octanol–water partition coefficient (Wildman–Crippen LogP) is 2.48. The molecule has 0 aromatic rings. The van der Waals surface area contributed by atoms with Gasteiger partial charge in [-0.2, -0.15) is 0 Å². The number of hydrogen-bond acceptors (Lipinski definition) is 4. The van der Waals surface area contributed by atoms with E-state index >= 15 is 0 Å². The zero-order valence-electron chi connectivity index (χ0n) is 13.7. The smallest absolute Gasteiger partial charge is 0.0897 e. The van der Waals surface area contributed by atoms with Gasteiger partial charge in [-0.1, -0.05) is 46.0 Å². The lowest BCUT2D eigenvalue weighted by molar-refractivity contribution is 0.0285. The minimum Gasteiger partial charge on any atom is -0.394 e. The zero-order chi connectivity index (χ0) is 15.3. The van der Waals surface area contributed by atoms with Crippen molar-refractivity contribution in [1.29, 1.82) is 0 Å². The third-order valence-corrected chi connectivity index (χ3v) is 3.85. The van der Waals surface area contributed by atoms with Crippen LogP contribution in [-0.4, -0.2) is 48.2 Å². The van der Waals surface area contributed by atoms with Crippen LogP contribution < -0.4 is 5.32 Å². The van der Waals surface area contributed by atoms with Crippen LogP contribution in [0.3, 0.4) is 0 Å². The molecule has 3 N–H and O–H groups in total. The molecule has 0 aliphatic rings. The SMILES string of the molecule is CCCCCCCCOCC(O)CNC(C)(CC)CO. The van der Waals surface area contributed by atoms with Crippen molar-refractivity contribution in [2.45, 2.75) is 77.4 Å². The van der Waals surface area contributed by atoms with Gasteiger partial charge in [0.05, 0.1) is 19.3 Å². The molecule has 2 unspecified atom stereocenters. The lowest BCUT2D eigenvalue weighted by Gasteiger charge is -2.28. The molecule has 0 saturated heterocycles. The van der Waals surface area contributed by atoms with Crippen molar-refractivity contribution in [3.63, 3.8) is 0 Å². The molecule has 0 aliphatic carbocycles. The van der Waals surface area contributed by atoms with Gasteiger partial charge >= 0.3 is 0 Å². The van der Waals surface area contributed by atoms with Crippen LogP contribution in [0, 0.1) is 0 Å². The van der Waals surface area contributed by atoms with E-state index in [1.807, 2.05) is 13.8 Å². The fraction of sp³-hybridized carbons (Fsp3) is 1.00. The molecule has 0 amide bonds. The number of rotatable bonds is 14. The first kappa shape index (κ1) is 19.8. The van der Waals surface area contributed by atoms with Crippen LogP contribution in [-0.2, 0) is 4.74 Å². The van der Waals surface area contributed by atoms with Gasteiger partial charge in [0.25, 0.3) is 0 Å². The van der Waals surface area contributed by atoms with Gasteiger partial charge in [0.15, 0.2) is 0 Å². The van der Waals surface area contributed by atoms with Crippen molar-refractivity contribution in [3.05, 3.63) is 0 Å². The first-order chi connectivity index (χ1) is 9.58. The van der Waals surface area contributed by atoms with E-state index < -0.39 is 6.10 Å². The van der Waals surface area contributed by atoms with E-state index in [-0.39, 0.29) is 12.1 Å². The highest BCUT2D eigenvalue weighted by Crippen LogP contribution is 2.07. The second-order valence-corrected chi connectivity index (χ2v) is 5.95. The molecule has 2 atom stereocenters. The molecular weight excluding hydrogens is 254 g/mol. The normalized spacial score (nSPS) is 16.1. The number of aliphatic hydroxyl groups is 2.